The second-order valence-electron chi connectivity index (χ2n) is 9.20. The lowest BCUT2D eigenvalue weighted by Gasteiger charge is -2.29. The highest BCUT2D eigenvalue weighted by molar-refractivity contribution is 5.66. The zero-order valence-electron chi connectivity index (χ0n) is 19.9. The lowest BCUT2D eigenvalue weighted by molar-refractivity contribution is 0.301. The zero-order chi connectivity index (χ0) is 24.9. The summed E-state index contributed by atoms with van der Waals surface area (Å²) < 4.78 is 63.6. The number of hydrogen-bond acceptors (Lipinski definition) is 1. The van der Waals surface area contributed by atoms with Crippen molar-refractivity contribution in [3.8, 4) is 16.9 Å². The van der Waals surface area contributed by atoms with Crippen LogP contribution >= 0.6 is 0 Å². The van der Waals surface area contributed by atoms with E-state index >= 15 is 4.39 Å². The molecule has 0 N–H and O–H groups in total. The number of benzene rings is 3. The molecule has 0 atom stereocenters. The first-order valence-corrected chi connectivity index (χ1v) is 12.2. The Hall–Kier alpha value is -3.08. The molecule has 184 valence electrons. The molecule has 1 aliphatic rings. The summed E-state index contributed by atoms with van der Waals surface area (Å²) in [6.45, 7) is 5.70. The highest BCUT2D eigenvalue weighted by atomic mass is 19.2. The Kier molecular flexibility index (Phi) is 7.94. The summed E-state index contributed by atoms with van der Waals surface area (Å²) in [4.78, 5) is 0. The fourth-order valence-corrected chi connectivity index (χ4v) is 5.05. The van der Waals surface area contributed by atoms with E-state index in [4.69, 9.17) is 4.74 Å². The van der Waals surface area contributed by atoms with Gasteiger partial charge in [-0.1, -0.05) is 55.1 Å². The van der Waals surface area contributed by atoms with Crippen LogP contribution in [0.4, 0.5) is 17.6 Å². The third-order valence-corrected chi connectivity index (χ3v) is 7.10. The molecule has 5 heteroatoms. The average Bonchev–Trinajstić information content (AvgIpc) is 2.88. The van der Waals surface area contributed by atoms with Crippen molar-refractivity contribution in [2.45, 2.75) is 51.4 Å². The average molecular weight is 483 g/mol. The fraction of sp³-hybridized carbons (Fsp3) is 0.333. The van der Waals surface area contributed by atoms with Crippen molar-refractivity contribution in [1.29, 1.82) is 0 Å². The van der Waals surface area contributed by atoms with Crippen molar-refractivity contribution in [2.75, 3.05) is 6.61 Å². The number of aryl methyl sites for hydroxylation is 1. The second-order valence-corrected chi connectivity index (χ2v) is 9.20. The Morgan fingerprint density at radius 1 is 0.829 bits per heavy atom. The zero-order valence-corrected chi connectivity index (χ0v) is 19.9. The molecule has 0 saturated heterocycles. The summed E-state index contributed by atoms with van der Waals surface area (Å²) in [6, 6.07) is 13.6. The van der Waals surface area contributed by atoms with Crippen molar-refractivity contribution in [1.82, 2.24) is 0 Å². The van der Waals surface area contributed by atoms with E-state index in [9.17, 15) is 13.2 Å². The molecule has 1 saturated carbocycles. The van der Waals surface area contributed by atoms with E-state index < -0.39 is 23.3 Å². The number of rotatable bonds is 8. The van der Waals surface area contributed by atoms with Gasteiger partial charge in [-0.2, -0.15) is 4.39 Å². The van der Waals surface area contributed by atoms with Crippen LogP contribution in [0.5, 0.6) is 5.75 Å². The minimum absolute atomic E-state index is 0.0439. The molecule has 0 bridgehead atoms. The topological polar surface area (TPSA) is 9.23 Å². The molecule has 0 aromatic heterocycles. The minimum Gasteiger partial charge on any atom is -0.491 e. The molecule has 4 rings (SSSR count). The number of hydrogen-bond donors (Lipinski definition) is 0. The van der Waals surface area contributed by atoms with Gasteiger partial charge in [-0.05, 0) is 85.6 Å². The van der Waals surface area contributed by atoms with Gasteiger partial charge in [0.25, 0.3) is 0 Å². The predicted molar refractivity (Wildman–Crippen MR) is 132 cm³/mol. The molecule has 0 heterocycles. The first-order chi connectivity index (χ1) is 16.9. The van der Waals surface area contributed by atoms with Gasteiger partial charge in [-0.3, -0.25) is 0 Å². The molecule has 0 unspecified atom stereocenters. The Morgan fingerprint density at radius 2 is 1.54 bits per heavy atom. The molecular formula is C30H30F4O. The largest absolute Gasteiger partial charge is 0.491 e. The van der Waals surface area contributed by atoms with E-state index in [-0.39, 0.29) is 23.8 Å². The molecule has 0 spiro atoms. The van der Waals surface area contributed by atoms with Gasteiger partial charge < -0.3 is 4.74 Å². The molecule has 35 heavy (non-hydrogen) atoms. The van der Waals surface area contributed by atoms with Gasteiger partial charge >= 0.3 is 0 Å². The number of ether oxygens (including phenoxy) is 1. The van der Waals surface area contributed by atoms with Gasteiger partial charge in [-0.15, -0.1) is 0 Å². The van der Waals surface area contributed by atoms with Crippen LogP contribution in [-0.2, 0) is 6.42 Å². The van der Waals surface area contributed by atoms with Crippen molar-refractivity contribution in [3.63, 3.8) is 0 Å². The second kappa shape index (κ2) is 11.1. The van der Waals surface area contributed by atoms with Crippen LogP contribution in [0.2, 0.25) is 0 Å². The highest BCUT2D eigenvalue weighted by Crippen LogP contribution is 2.40. The molecule has 1 aliphatic carbocycles. The van der Waals surface area contributed by atoms with Crippen molar-refractivity contribution >= 4 is 6.08 Å². The normalized spacial score (nSPS) is 17.9. The third-order valence-electron chi connectivity index (χ3n) is 7.10. The van der Waals surface area contributed by atoms with E-state index in [1.807, 2.05) is 12.1 Å². The van der Waals surface area contributed by atoms with Gasteiger partial charge in [0.15, 0.2) is 23.2 Å². The predicted octanol–water partition coefficient (Wildman–Crippen LogP) is 8.86. The maximum atomic E-state index is 15.0. The van der Waals surface area contributed by atoms with Crippen LogP contribution < -0.4 is 4.74 Å². The summed E-state index contributed by atoms with van der Waals surface area (Å²) in [7, 11) is 0. The van der Waals surface area contributed by atoms with Gasteiger partial charge in [0, 0.05) is 5.56 Å². The lowest BCUT2D eigenvalue weighted by atomic mass is 9.76. The Morgan fingerprint density at radius 3 is 2.20 bits per heavy atom. The van der Waals surface area contributed by atoms with Crippen molar-refractivity contribution in [3.05, 3.63) is 95.1 Å². The van der Waals surface area contributed by atoms with Gasteiger partial charge in [0.05, 0.1) is 6.61 Å². The molecule has 1 fully saturated rings. The SMILES string of the molecule is C=Cc1ccc(-c2ccc(C3CCC(CCc4ccc(OCC)c(F)c4F)CC3)c(F)c2F)cc1. The molecule has 0 radical (unpaired) electrons. The van der Waals surface area contributed by atoms with Crippen LogP contribution in [0.3, 0.4) is 0 Å². The smallest absolute Gasteiger partial charge is 0.200 e. The van der Waals surface area contributed by atoms with Crippen molar-refractivity contribution < 1.29 is 22.3 Å². The highest BCUT2D eigenvalue weighted by Gasteiger charge is 2.27. The molecule has 0 amide bonds. The van der Waals surface area contributed by atoms with E-state index in [0.717, 1.165) is 37.7 Å². The van der Waals surface area contributed by atoms with Crippen LogP contribution in [0.15, 0.2) is 55.1 Å². The standard InChI is InChI=1S/C30H30F4O/c1-3-19-5-10-21(11-6-19)24-16-17-25(29(33)28(24)32)22-12-7-20(8-13-22)9-14-23-15-18-26(35-4-2)30(34)27(23)31/h3,5-6,10-11,15-18,20,22H,1,4,7-9,12-14H2,2H3. The summed E-state index contributed by atoms with van der Waals surface area (Å²) in [5.74, 6) is -3.14. The van der Waals surface area contributed by atoms with Gasteiger partial charge in [0.2, 0.25) is 5.82 Å². The fourth-order valence-electron chi connectivity index (χ4n) is 5.05. The van der Waals surface area contributed by atoms with Crippen LogP contribution in [0.1, 0.15) is 61.6 Å². The van der Waals surface area contributed by atoms with E-state index in [1.165, 1.54) is 6.07 Å². The lowest BCUT2D eigenvalue weighted by Crippen LogP contribution is -2.16. The maximum Gasteiger partial charge on any atom is 0.200 e. The van der Waals surface area contributed by atoms with E-state index in [2.05, 4.69) is 6.58 Å². The van der Waals surface area contributed by atoms with Gasteiger partial charge in [-0.25, -0.2) is 13.2 Å². The van der Waals surface area contributed by atoms with Crippen LogP contribution in [-0.4, -0.2) is 6.61 Å². The maximum absolute atomic E-state index is 15.0. The van der Waals surface area contributed by atoms with Gasteiger partial charge in [0.1, 0.15) is 0 Å². The summed E-state index contributed by atoms with van der Waals surface area (Å²) >= 11 is 0. The summed E-state index contributed by atoms with van der Waals surface area (Å²) in [6.07, 6.45) is 6.05. The number of halogens is 4. The Labute approximate surface area is 204 Å². The molecule has 0 aliphatic heterocycles. The monoisotopic (exact) mass is 482 g/mol. The minimum atomic E-state index is -0.939. The van der Waals surface area contributed by atoms with E-state index in [0.29, 0.717) is 29.0 Å². The van der Waals surface area contributed by atoms with Crippen LogP contribution in [0.25, 0.3) is 17.2 Å². The summed E-state index contributed by atoms with van der Waals surface area (Å²) in [5.41, 5.74) is 2.56. The quantitative estimate of drug-likeness (QED) is 0.291. The van der Waals surface area contributed by atoms with Crippen LogP contribution in [0, 0.1) is 29.2 Å². The van der Waals surface area contributed by atoms with Crippen molar-refractivity contribution in [2.24, 2.45) is 5.92 Å². The molecule has 3 aromatic rings. The summed E-state index contributed by atoms with van der Waals surface area (Å²) in [5, 5.41) is 0. The first kappa shape index (κ1) is 25.0. The molecule has 1 nitrogen and oxygen atoms in total. The Balaban J connectivity index is 1.37. The first-order valence-electron chi connectivity index (χ1n) is 12.2. The molecule has 3 aromatic carbocycles. The third kappa shape index (κ3) is 5.44. The Bertz CT molecular complexity index is 1180. The molecular weight excluding hydrogens is 452 g/mol. The van der Waals surface area contributed by atoms with E-state index in [1.54, 1.807) is 43.3 Å².